The van der Waals surface area contributed by atoms with Crippen molar-refractivity contribution < 1.29 is 4.79 Å². The number of hydrogen-bond donors (Lipinski definition) is 2. The Balaban J connectivity index is 2.61. The summed E-state index contributed by atoms with van der Waals surface area (Å²) >= 11 is 1.50. The fourth-order valence-corrected chi connectivity index (χ4v) is 1.82. The van der Waals surface area contributed by atoms with E-state index in [-0.39, 0.29) is 5.91 Å². The zero-order chi connectivity index (χ0) is 11.4. The Labute approximate surface area is 93.9 Å². The topological polar surface area (TPSA) is 68.0 Å². The van der Waals surface area contributed by atoms with Crippen molar-refractivity contribution in [3.05, 3.63) is 11.1 Å². The standard InChI is InChI=1S/C10H17N3OS/c1-4-7(11)9(14)13-10-12-5-8(15-10)6(2)3/h5-7H,4,11H2,1-3H3,(H,12,13,14). The molecule has 1 atom stereocenters. The van der Waals surface area contributed by atoms with Crippen LogP contribution in [0.3, 0.4) is 0 Å². The van der Waals surface area contributed by atoms with Gasteiger partial charge in [0.25, 0.3) is 0 Å². The first kappa shape index (κ1) is 12.1. The first-order valence-electron chi connectivity index (χ1n) is 5.06. The van der Waals surface area contributed by atoms with E-state index in [0.29, 0.717) is 17.5 Å². The smallest absolute Gasteiger partial charge is 0.243 e. The largest absolute Gasteiger partial charge is 0.320 e. The molecule has 0 saturated carbocycles. The summed E-state index contributed by atoms with van der Waals surface area (Å²) in [6.45, 7) is 6.07. The van der Waals surface area contributed by atoms with E-state index >= 15 is 0 Å². The molecule has 84 valence electrons. The molecule has 5 heteroatoms. The highest BCUT2D eigenvalue weighted by atomic mass is 32.1. The van der Waals surface area contributed by atoms with Gasteiger partial charge in [0.1, 0.15) is 0 Å². The highest BCUT2D eigenvalue weighted by Crippen LogP contribution is 2.25. The number of nitrogens with two attached hydrogens (primary N) is 1. The number of nitrogens with one attached hydrogen (secondary N) is 1. The highest BCUT2D eigenvalue weighted by molar-refractivity contribution is 7.15. The Morgan fingerprint density at radius 1 is 1.67 bits per heavy atom. The maximum absolute atomic E-state index is 11.5. The molecule has 0 bridgehead atoms. The lowest BCUT2D eigenvalue weighted by atomic mass is 10.2. The number of carbonyl (C=O) groups is 1. The Morgan fingerprint density at radius 2 is 2.33 bits per heavy atom. The average molecular weight is 227 g/mol. The normalized spacial score (nSPS) is 12.9. The summed E-state index contributed by atoms with van der Waals surface area (Å²) in [7, 11) is 0. The summed E-state index contributed by atoms with van der Waals surface area (Å²) in [6.07, 6.45) is 2.43. The van der Waals surface area contributed by atoms with Gasteiger partial charge in [-0.3, -0.25) is 4.79 Å². The van der Waals surface area contributed by atoms with Crippen molar-refractivity contribution in [1.29, 1.82) is 0 Å². The first-order chi connectivity index (χ1) is 7.04. The average Bonchev–Trinajstić information content (AvgIpc) is 2.65. The molecule has 15 heavy (non-hydrogen) atoms. The van der Waals surface area contributed by atoms with Crippen LogP contribution in [0.2, 0.25) is 0 Å². The van der Waals surface area contributed by atoms with Crippen molar-refractivity contribution in [3.8, 4) is 0 Å². The van der Waals surface area contributed by atoms with Crippen molar-refractivity contribution in [2.75, 3.05) is 5.32 Å². The van der Waals surface area contributed by atoms with Crippen molar-refractivity contribution in [1.82, 2.24) is 4.98 Å². The molecule has 0 fully saturated rings. The van der Waals surface area contributed by atoms with Gasteiger partial charge in [0, 0.05) is 11.1 Å². The van der Waals surface area contributed by atoms with Crippen LogP contribution in [-0.4, -0.2) is 16.9 Å². The van der Waals surface area contributed by atoms with Gasteiger partial charge in [-0.15, -0.1) is 11.3 Å². The molecule has 1 aromatic heterocycles. The summed E-state index contributed by atoms with van der Waals surface area (Å²) in [6, 6.07) is -0.448. The van der Waals surface area contributed by atoms with Gasteiger partial charge in [-0.05, 0) is 12.3 Å². The molecule has 1 amide bonds. The third-order valence-electron chi connectivity index (χ3n) is 2.10. The predicted octanol–water partition coefficient (Wildman–Crippen LogP) is 1.94. The molecule has 0 saturated heterocycles. The van der Waals surface area contributed by atoms with Crippen LogP contribution < -0.4 is 11.1 Å². The van der Waals surface area contributed by atoms with E-state index in [2.05, 4.69) is 24.1 Å². The Hall–Kier alpha value is -0.940. The van der Waals surface area contributed by atoms with Crippen LogP contribution >= 0.6 is 11.3 Å². The Morgan fingerprint density at radius 3 is 2.80 bits per heavy atom. The van der Waals surface area contributed by atoms with E-state index in [9.17, 15) is 4.79 Å². The van der Waals surface area contributed by atoms with Crippen molar-refractivity contribution in [2.45, 2.75) is 39.2 Å². The number of hydrogen-bond acceptors (Lipinski definition) is 4. The SMILES string of the molecule is CCC(N)C(=O)Nc1ncc(C(C)C)s1. The Kier molecular flexibility index (Phi) is 4.23. The summed E-state index contributed by atoms with van der Waals surface area (Å²) in [5.74, 6) is 0.273. The minimum absolute atomic E-state index is 0.165. The molecule has 1 unspecified atom stereocenters. The van der Waals surface area contributed by atoms with Gasteiger partial charge >= 0.3 is 0 Å². The van der Waals surface area contributed by atoms with Crippen LogP contribution in [0.5, 0.6) is 0 Å². The molecule has 0 aliphatic heterocycles. The van der Waals surface area contributed by atoms with Crippen molar-refractivity contribution in [2.24, 2.45) is 5.73 Å². The number of aromatic nitrogens is 1. The molecule has 0 spiro atoms. The quantitative estimate of drug-likeness (QED) is 0.826. The molecule has 1 aromatic rings. The number of carbonyl (C=O) groups excluding carboxylic acids is 1. The van der Waals surface area contributed by atoms with E-state index in [1.165, 1.54) is 11.3 Å². The molecule has 3 N–H and O–H groups in total. The molecule has 4 nitrogen and oxygen atoms in total. The molecular weight excluding hydrogens is 210 g/mol. The number of anilines is 1. The second-order valence-corrected chi connectivity index (χ2v) is 4.79. The van der Waals surface area contributed by atoms with Crippen molar-refractivity contribution >= 4 is 22.4 Å². The van der Waals surface area contributed by atoms with Gasteiger partial charge < -0.3 is 11.1 Å². The zero-order valence-corrected chi connectivity index (χ0v) is 10.1. The van der Waals surface area contributed by atoms with Crippen LogP contribution in [0.4, 0.5) is 5.13 Å². The maximum Gasteiger partial charge on any atom is 0.243 e. The van der Waals surface area contributed by atoms with Gasteiger partial charge in [-0.1, -0.05) is 20.8 Å². The molecule has 0 aliphatic carbocycles. The van der Waals surface area contributed by atoms with Gasteiger partial charge in [-0.2, -0.15) is 0 Å². The second kappa shape index (κ2) is 5.23. The summed E-state index contributed by atoms with van der Waals surface area (Å²) in [5, 5.41) is 3.34. The first-order valence-corrected chi connectivity index (χ1v) is 5.88. The Bertz CT molecular complexity index is 335. The predicted molar refractivity (Wildman–Crippen MR) is 63.1 cm³/mol. The number of nitrogens with zero attached hydrogens (tertiary/aromatic N) is 1. The van der Waals surface area contributed by atoms with Gasteiger partial charge in [0.2, 0.25) is 5.91 Å². The lowest BCUT2D eigenvalue weighted by Gasteiger charge is -2.06. The monoisotopic (exact) mass is 227 g/mol. The van der Waals surface area contributed by atoms with E-state index in [4.69, 9.17) is 5.73 Å². The molecule has 1 rings (SSSR count). The second-order valence-electron chi connectivity index (χ2n) is 3.73. The fraction of sp³-hybridized carbons (Fsp3) is 0.600. The van der Waals surface area contributed by atoms with Gasteiger partial charge in [0.05, 0.1) is 6.04 Å². The van der Waals surface area contributed by atoms with E-state index in [1.807, 2.05) is 6.92 Å². The minimum Gasteiger partial charge on any atom is -0.320 e. The maximum atomic E-state index is 11.5. The molecular formula is C10H17N3OS. The highest BCUT2D eigenvalue weighted by Gasteiger charge is 2.13. The number of rotatable bonds is 4. The van der Waals surface area contributed by atoms with Crippen LogP contribution in [0.15, 0.2) is 6.20 Å². The summed E-state index contributed by atoms with van der Waals surface area (Å²) in [4.78, 5) is 16.7. The fourth-order valence-electron chi connectivity index (χ4n) is 0.995. The molecule has 1 heterocycles. The van der Waals surface area contributed by atoms with E-state index < -0.39 is 6.04 Å². The van der Waals surface area contributed by atoms with Crippen LogP contribution in [-0.2, 0) is 4.79 Å². The lowest BCUT2D eigenvalue weighted by Crippen LogP contribution is -2.34. The van der Waals surface area contributed by atoms with Crippen LogP contribution in [0.25, 0.3) is 0 Å². The minimum atomic E-state index is -0.448. The molecule has 0 aromatic carbocycles. The molecule has 0 radical (unpaired) electrons. The lowest BCUT2D eigenvalue weighted by molar-refractivity contribution is -0.117. The van der Waals surface area contributed by atoms with E-state index in [1.54, 1.807) is 6.20 Å². The zero-order valence-electron chi connectivity index (χ0n) is 9.28. The summed E-state index contributed by atoms with van der Waals surface area (Å²) < 4.78 is 0. The number of amides is 1. The van der Waals surface area contributed by atoms with Gasteiger partial charge in [-0.25, -0.2) is 4.98 Å². The molecule has 0 aliphatic rings. The van der Waals surface area contributed by atoms with Crippen LogP contribution in [0.1, 0.15) is 38.0 Å². The van der Waals surface area contributed by atoms with Gasteiger partial charge in [0.15, 0.2) is 5.13 Å². The van der Waals surface area contributed by atoms with Crippen molar-refractivity contribution in [3.63, 3.8) is 0 Å². The third kappa shape index (κ3) is 3.28. The third-order valence-corrected chi connectivity index (χ3v) is 3.31. The summed E-state index contributed by atoms with van der Waals surface area (Å²) in [5.41, 5.74) is 5.60. The number of thiazole rings is 1. The van der Waals surface area contributed by atoms with E-state index in [0.717, 1.165) is 4.88 Å². The van der Waals surface area contributed by atoms with Crippen LogP contribution in [0, 0.1) is 0 Å².